The van der Waals surface area contributed by atoms with Crippen molar-refractivity contribution in [2.45, 2.75) is 19.8 Å². The molecule has 19 heavy (non-hydrogen) atoms. The summed E-state index contributed by atoms with van der Waals surface area (Å²) in [5.41, 5.74) is 0.932. The van der Waals surface area contributed by atoms with Gasteiger partial charge in [0.1, 0.15) is 10.0 Å². The fourth-order valence-electron chi connectivity index (χ4n) is 1.62. The first kappa shape index (κ1) is 14.9. The van der Waals surface area contributed by atoms with Crippen molar-refractivity contribution in [3.8, 4) is 10.6 Å². The van der Waals surface area contributed by atoms with Crippen molar-refractivity contribution in [1.82, 2.24) is 15.5 Å². The molecule has 0 atom stereocenters. The topological polar surface area (TPSA) is 37.8 Å². The average Bonchev–Trinajstić information content (AvgIpc) is 2.86. The van der Waals surface area contributed by atoms with Gasteiger partial charge in [0.15, 0.2) is 0 Å². The van der Waals surface area contributed by atoms with Crippen LogP contribution < -0.4 is 5.32 Å². The maximum Gasteiger partial charge on any atom is 0.149 e. The fraction of sp³-hybridized carbons (Fsp3) is 0.385. The molecule has 1 aromatic heterocycles. The van der Waals surface area contributed by atoms with Crippen LogP contribution in [0.1, 0.15) is 18.4 Å². The summed E-state index contributed by atoms with van der Waals surface area (Å²) in [4.78, 5) is 0. The van der Waals surface area contributed by atoms with Crippen LogP contribution in [0, 0.1) is 0 Å². The van der Waals surface area contributed by atoms with Crippen molar-refractivity contribution in [2.24, 2.45) is 0 Å². The molecule has 1 N–H and O–H groups in total. The van der Waals surface area contributed by atoms with Crippen molar-refractivity contribution in [2.75, 3.05) is 13.1 Å². The first-order valence-corrected chi connectivity index (χ1v) is 8.18. The van der Waals surface area contributed by atoms with Gasteiger partial charge in [-0.25, -0.2) is 0 Å². The zero-order valence-electron chi connectivity index (χ0n) is 10.6. The monoisotopic (exact) mass is 359 g/mol. The number of benzene rings is 1. The van der Waals surface area contributed by atoms with Crippen LogP contribution in [0.15, 0.2) is 22.7 Å². The van der Waals surface area contributed by atoms with Gasteiger partial charge >= 0.3 is 0 Å². The van der Waals surface area contributed by atoms with E-state index in [0.717, 1.165) is 46.0 Å². The molecule has 0 bridgehead atoms. The van der Waals surface area contributed by atoms with E-state index in [9.17, 15) is 0 Å². The highest BCUT2D eigenvalue weighted by molar-refractivity contribution is 9.10. The van der Waals surface area contributed by atoms with Gasteiger partial charge in [0.2, 0.25) is 0 Å². The van der Waals surface area contributed by atoms with E-state index in [1.54, 1.807) is 11.3 Å². The lowest BCUT2D eigenvalue weighted by atomic mass is 10.2. The largest absolute Gasteiger partial charge is 0.316 e. The molecule has 6 heteroatoms. The summed E-state index contributed by atoms with van der Waals surface area (Å²) in [6, 6.07) is 5.76. The minimum atomic E-state index is 0.704. The number of nitrogens with one attached hydrogen (secondary N) is 1. The van der Waals surface area contributed by atoms with Crippen molar-refractivity contribution in [3.05, 3.63) is 32.7 Å². The van der Waals surface area contributed by atoms with Crippen molar-refractivity contribution >= 4 is 38.9 Å². The summed E-state index contributed by atoms with van der Waals surface area (Å²) in [6.07, 6.45) is 2.05. The third-order valence-corrected chi connectivity index (χ3v) is 4.41. The molecule has 1 aromatic carbocycles. The van der Waals surface area contributed by atoms with Gasteiger partial charge in [0.05, 0.1) is 5.02 Å². The number of rotatable bonds is 6. The van der Waals surface area contributed by atoms with E-state index < -0.39 is 0 Å². The summed E-state index contributed by atoms with van der Waals surface area (Å²) >= 11 is 11.2. The third-order valence-electron chi connectivity index (χ3n) is 2.57. The van der Waals surface area contributed by atoms with Crippen LogP contribution in [0.4, 0.5) is 0 Å². The SMILES string of the molecule is CCCNCCc1nnc(-c2cc(Br)ccc2Cl)s1. The van der Waals surface area contributed by atoms with Crippen LogP contribution in [0.2, 0.25) is 5.02 Å². The van der Waals surface area contributed by atoms with E-state index in [-0.39, 0.29) is 0 Å². The molecule has 0 unspecified atom stereocenters. The van der Waals surface area contributed by atoms with Gasteiger partial charge in [-0.1, -0.05) is 45.8 Å². The Balaban J connectivity index is 2.06. The Hall–Kier alpha value is -0.490. The molecule has 2 rings (SSSR count). The standard InChI is InChI=1S/C13H15BrClN3S/c1-2-6-16-7-5-12-17-18-13(19-12)10-8-9(14)3-4-11(10)15/h3-4,8,16H,2,5-7H2,1H3. The molecule has 0 saturated carbocycles. The predicted octanol–water partition coefficient (Wildman–Crippen LogP) is 4.16. The van der Waals surface area contributed by atoms with Crippen LogP contribution in [0.5, 0.6) is 0 Å². The van der Waals surface area contributed by atoms with E-state index >= 15 is 0 Å². The first-order valence-electron chi connectivity index (χ1n) is 6.19. The van der Waals surface area contributed by atoms with E-state index in [0.29, 0.717) is 5.02 Å². The van der Waals surface area contributed by atoms with E-state index in [4.69, 9.17) is 11.6 Å². The van der Waals surface area contributed by atoms with Crippen molar-refractivity contribution < 1.29 is 0 Å². The molecule has 0 spiro atoms. The number of hydrogen-bond donors (Lipinski definition) is 1. The Morgan fingerprint density at radius 3 is 2.95 bits per heavy atom. The van der Waals surface area contributed by atoms with Gasteiger partial charge in [-0.3, -0.25) is 0 Å². The Kier molecular flexibility index (Phi) is 5.76. The summed E-state index contributed by atoms with van der Waals surface area (Å²) in [5, 5.41) is 14.4. The molecule has 0 aliphatic heterocycles. The molecular weight excluding hydrogens is 346 g/mol. The molecule has 0 radical (unpaired) electrons. The van der Waals surface area contributed by atoms with Gasteiger partial charge < -0.3 is 5.32 Å². The highest BCUT2D eigenvalue weighted by Crippen LogP contribution is 2.32. The van der Waals surface area contributed by atoms with E-state index in [1.165, 1.54) is 0 Å². The molecule has 2 aromatic rings. The maximum absolute atomic E-state index is 6.19. The number of hydrogen-bond acceptors (Lipinski definition) is 4. The molecule has 0 amide bonds. The molecular formula is C13H15BrClN3S. The molecule has 3 nitrogen and oxygen atoms in total. The molecule has 1 heterocycles. The summed E-state index contributed by atoms with van der Waals surface area (Å²) in [7, 11) is 0. The van der Waals surface area contributed by atoms with Gasteiger partial charge in [0, 0.05) is 23.0 Å². The fourth-order valence-corrected chi connectivity index (χ4v) is 3.12. The summed E-state index contributed by atoms with van der Waals surface area (Å²) in [5.74, 6) is 0. The smallest absolute Gasteiger partial charge is 0.149 e. The normalized spacial score (nSPS) is 10.9. The Bertz CT molecular complexity index is 544. The van der Waals surface area contributed by atoms with Crippen LogP contribution in [-0.2, 0) is 6.42 Å². The van der Waals surface area contributed by atoms with Gasteiger partial charge in [0.25, 0.3) is 0 Å². The minimum absolute atomic E-state index is 0.704. The Morgan fingerprint density at radius 2 is 2.16 bits per heavy atom. The molecule has 0 fully saturated rings. The van der Waals surface area contributed by atoms with Crippen LogP contribution in [0.25, 0.3) is 10.6 Å². The van der Waals surface area contributed by atoms with Crippen LogP contribution in [-0.4, -0.2) is 23.3 Å². The zero-order chi connectivity index (χ0) is 13.7. The number of aromatic nitrogens is 2. The Morgan fingerprint density at radius 1 is 1.32 bits per heavy atom. The van der Waals surface area contributed by atoms with E-state index in [1.807, 2.05) is 18.2 Å². The number of nitrogens with zero attached hydrogens (tertiary/aromatic N) is 2. The second-order valence-electron chi connectivity index (χ2n) is 4.13. The lowest BCUT2D eigenvalue weighted by Gasteiger charge is -2.00. The first-order chi connectivity index (χ1) is 9.20. The second kappa shape index (κ2) is 7.33. The maximum atomic E-state index is 6.19. The highest BCUT2D eigenvalue weighted by Gasteiger charge is 2.10. The molecule has 0 saturated heterocycles. The van der Waals surface area contributed by atoms with Gasteiger partial charge in [-0.15, -0.1) is 10.2 Å². The van der Waals surface area contributed by atoms with E-state index in [2.05, 4.69) is 38.4 Å². The molecule has 0 aliphatic rings. The summed E-state index contributed by atoms with van der Waals surface area (Å²) in [6.45, 7) is 4.14. The van der Waals surface area contributed by atoms with Crippen LogP contribution >= 0.6 is 38.9 Å². The van der Waals surface area contributed by atoms with Crippen LogP contribution in [0.3, 0.4) is 0 Å². The van der Waals surface area contributed by atoms with Gasteiger partial charge in [-0.2, -0.15) is 0 Å². The highest BCUT2D eigenvalue weighted by atomic mass is 79.9. The average molecular weight is 361 g/mol. The molecule has 102 valence electrons. The molecule has 0 aliphatic carbocycles. The number of halogens is 2. The minimum Gasteiger partial charge on any atom is -0.316 e. The third kappa shape index (κ3) is 4.24. The van der Waals surface area contributed by atoms with Crippen molar-refractivity contribution in [1.29, 1.82) is 0 Å². The predicted molar refractivity (Wildman–Crippen MR) is 84.9 cm³/mol. The van der Waals surface area contributed by atoms with Gasteiger partial charge in [-0.05, 0) is 31.2 Å². The lowest BCUT2D eigenvalue weighted by molar-refractivity contribution is 0.668. The Labute approximate surface area is 130 Å². The quantitative estimate of drug-likeness (QED) is 0.786. The zero-order valence-corrected chi connectivity index (χ0v) is 13.8. The van der Waals surface area contributed by atoms with Crippen molar-refractivity contribution in [3.63, 3.8) is 0 Å². The lowest BCUT2D eigenvalue weighted by Crippen LogP contribution is -2.17. The summed E-state index contributed by atoms with van der Waals surface area (Å²) < 4.78 is 0.994. The second-order valence-corrected chi connectivity index (χ2v) is 6.51.